The Morgan fingerprint density at radius 1 is 1.05 bits per heavy atom. The molecule has 2 atom stereocenters. The fourth-order valence-electron chi connectivity index (χ4n) is 2.15. The largest absolute Gasteiger partial charge is 0.368 e. The molecule has 0 rings (SSSR count). The zero-order valence-electron chi connectivity index (χ0n) is 14.3. The van der Waals surface area contributed by atoms with Gasteiger partial charge >= 0.3 is 0 Å². The lowest BCUT2D eigenvalue weighted by atomic mass is 9.99. The second kappa shape index (κ2) is 11.0. The van der Waals surface area contributed by atoms with Crippen LogP contribution < -0.4 is 16.4 Å². The second-order valence-corrected chi connectivity index (χ2v) is 6.27. The maximum absolute atomic E-state index is 12.2. The van der Waals surface area contributed by atoms with Gasteiger partial charge in [-0.1, -0.05) is 47.0 Å². The van der Waals surface area contributed by atoms with E-state index in [-0.39, 0.29) is 30.2 Å². The molecule has 2 unspecified atom stereocenters. The van der Waals surface area contributed by atoms with Crippen molar-refractivity contribution in [1.82, 2.24) is 10.6 Å². The maximum atomic E-state index is 12.2. The van der Waals surface area contributed by atoms with E-state index in [4.69, 9.17) is 5.73 Å². The SMILES string of the molecule is CCCCCC(C)C(=O)NC(CC(C)C)C(=O)NCC(N)=O. The summed E-state index contributed by atoms with van der Waals surface area (Å²) < 4.78 is 0. The van der Waals surface area contributed by atoms with Gasteiger partial charge in [-0.05, 0) is 18.8 Å². The highest BCUT2D eigenvalue weighted by molar-refractivity contribution is 5.90. The van der Waals surface area contributed by atoms with E-state index < -0.39 is 11.9 Å². The van der Waals surface area contributed by atoms with Crippen molar-refractivity contribution in [2.45, 2.75) is 65.8 Å². The molecule has 0 aliphatic rings. The number of hydrogen-bond acceptors (Lipinski definition) is 3. The average Bonchev–Trinajstić information content (AvgIpc) is 2.43. The van der Waals surface area contributed by atoms with Crippen molar-refractivity contribution in [3.8, 4) is 0 Å². The number of rotatable bonds is 11. The first-order valence-electron chi connectivity index (χ1n) is 8.14. The number of amides is 3. The number of carbonyl (C=O) groups is 3. The number of nitrogens with two attached hydrogens (primary N) is 1. The van der Waals surface area contributed by atoms with Gasteiger partial charge in [0.25, 0.3) is 0 Å². The third-order valence-electron chi connectivity index (χ3n) is 3.47. The van der Waals surface area contributed by atoms with E-state index >= 15 is 0 Å². The van der Waals surface area contributed by atoms with Crippen molar-refractivity contribution in [3.63, 3.8) is 0 Å². The van der Waals surface area contributed by atoms with E-state index in [1.54, 1.807) is 0 Å². The molecule has 0 saturated carbocycles. The van der Waals surface area contributed by atoms with Gasteiger partial charge in [-0.3, -0.25) is 14.4 Å². The van der Waals surface area contributed by atoms with Crippen LogP contribution >= 0.6 is 0 Å². The molecule has 0 fully saturated rings. The molecular weight excluding hydrogens is 282 g/mol. The molecule has 128 valence electrons. The molecule has 0 aliphatic carbocycles. The summed E-state index contributed by atoms with van der Waals surface area (Å²) in [5.74, 6) is -0.946. The number of hydrogen-bond donors (Lipinski definition) is 3. The highest BCUT2D eigenvalue weighted by atomic mass is 16.2. The quantitative estimate of drug-likeness (QED) is 0.502. The van der Waals surface area contributed by atoms with Crippen LogP contribution in [-0.2, 0) is 14.4 Å². The average molecular weight is 313 g/mol. The summed E-state index contributed by atoms with van der Waals surface area (Å²) in [4.78, 5) is 35.0. The molecule has 0 spiro atoms. The first kappa shape index (κ1) is 20.4. The summed E-state index contributed by atoms with van der Waals surface area (Å²) in [6.45, 7) is 7.73. The molecule has 22 heavy (non-hydrogen) atoms. The molecule has 0 heterocycles. The summed E-state index contributed by atoms with van der Waals surface area (Å²) in [5, 5.41) is 5.25. The van der Waals surface area contributed by atoms with Crippen LogP contribution in [0.15, 0.2) is 0 Å². The topological polar surface area (TPSA) is 101 Å². The standard InChI is InChI=1S/C16H31N3O3/c1-5-6-7-8-12(4)15(21)19-13(9-11(2)3)16(22)18-10-14(17)20/h11-13H,5-10H2,1-4H3,(H2,17,20)(H,18,22)(H,19,21). The Morgan fingerprint density at radius 2 is 1.68 bits per heavy atom. The Hall–Kier alpha value is -1.59. The lowest BCUT2D eigenvalue weighted by Gasteiger charge is -2.22. The zero-order valence-corrected chi connectivity index (χ0v) is 14.3. The van der Waals surface area contributed by atoms with E-state index in [1.165, 1.54) is 0 Å². The first-order chi connectivity index (χ1) is 10.3. The molecule has 0 radical (unpaired) electrons. The van der Waals surface area contributed by atoms with E-state index in [2.05, 4.69) is 17.6 Å². The molecular formula is C16H31N3O3. The fourth-order valence-corrected chi connectivity index (χ4v) is 2.15. The van der Waals surface area contributed by atoms with Gasteiger partial charge in [0.05, 0.1) is 6.54 Å². The van der Waals surface area contributed by atoms with Gasteiger partial charge in [-0.25, -0.2) is 0 Å². The highest BCUT2D eigenvalue weighted by Gasteiger charge is 2.24. The molecule has 0 aromatic heterocycles. The smallest absolute Gasteiger partial charge is 0.243 e. The zero-order chi connectivity index (χ0) is 17.1. The van der Waals surface area contributed by atoms with Crippen molar-refractivity contribution in [3.05, 3.63) is 0 Å². The molecule has 0 aromatic carbocycles. The van der Waals surface area contributed by atoms with Crippen LogP contribution in [0.25, 0.3) is 0 Å². The maximum Gasteiger partial charge on any atom is 0.243 e. The van der Waals surface area contributed by atoms with E-state index in [0.29, 0.717) is 6.42 Å². The van der Waals surface area contributed by atoms with Crippen LogP contribution in [0.3, 0.4) is 0 Å². The van der Waals surface area contributed by atoms with Crippen molar-refractivity contribution in [1.29, 1.82) is 0 Å². The van der Waals surface area contributed by atoms with Gasteiger partial charge in [0, 0.05) is 5.92 Å². The highest BCUT2D eigenvalue weighted by Crippen LogP contribution is 2.11. The lowest BCUT2D eigenvalue weighted by molar-refractivity contribution is -0.132. The fraction of sp³-hybridized carbons (Fsp3) is 0.812. The first-order valence-corrected chi connectivity index (χ1v) is 8.14. The number of carbonyl (C=O) groups excluding carboxylic acids is 3. The minimum absolute atomic E-state index is 0.115. The normalized spacial score (nSPS) is 13.5. The Labute approximate surface area is 133 Å². The van der Waals surface area contributed by atoms with Crippen molar-refractivity contribution in [2.24, 2.45) is 17.6 Å². The van der Waals surface area contributed by atoms with Gasteiger partial charge in [0.2, 0.25) is 17.7 Å². The predicted octanol–water partition coefficient (Wildman–Crippen LogP) is 1.34. The van der Waals surface area contributed by atoms with E-state index in [9.17, 15) is 14.4 Å². The van der Waals surface area contributed by atoms with Crippen LogP contribution in [0.1, 0.15) is 59.8 Å². The number of nitrogens with one attached hydrogen (secondary N) is 2. The monoisotopic (exact) mass is 313 g/mol. The Bertz CT molecular complexity index is 370. The summed E-state index contributed by atoms with van der Waals surface area (Å²) in [6.07, 6.45) is 4.56. The van der Waals surface area contributed by atoms with Crippen molar-refractivity contribution < 1.29 is 14.4 Å². The van der Waals surface area contributed by atoms with Gasteiger partial charge in [-0.2, -0.15) is 0 Å². The molecule has 3 amide bonds. The summed E-state index contributed by atoms with van der Waals surface area (Å²) >= 11 is 0. The van der Waals surface area contributed by atoms with Crippen LogP contribution in [0.5, 0.6) is 0 Å². The predicted molar refractivity (Wildman–Crippen MR) is 86.9 cm³/mol. The lowest BCUT2D eigenvalue weighted by Crippen LogP contribution is -2.50. The van der Waals surface area contributed by atoms with Gasteiger partial charge in [0.15, 0.2) is 0 Å². The molecule has 6 nitrogen and oxygen atoms in total. The molecule has 6 heteroatoms. The second-order valence-electron chi connectivity index (χ2n) is 6.27. The third-order valence-corrected chi connectivity index (χ3v) is 3.47. The minimum atomic E-state index is -0.625. The Balaban J connectivity index is 4.52. The molecule has 0 aliphatic heterocycles. The Kier molecular flexibility index (Phi) is 10.2. The van der Waals surface area contributed by atoms with Crippen LogP contribution in [-0.4, -0.2) is 30.3 Å². The minimum Gasteiger partial charge on any atom is -0.368 e. The van der Waals surface area contributed by atoms with Crippen LogP contribution in [0.4, 0.5) is 0 Å². The molecule has 0 bridgehead atoms. The molecule has 0 aromatic rings. The van der Waals surface area contributed by atoms with Crippen molar-refractivity contribution >= 4 is 17.7 Å². The summed E-state index contributed by atoms with van der Waals surface area (Å²) in [5.41, 5.74) is 5.02. The van der Waals surface area contributed by atoms with Gasteiger partial charge in [-0.15, -0.1) is 0 Å². The van der Waals surface area contributed by atoms with Crippen LogP contribution in [0, 0.1) is 11.8 Å². The van der Waals surface area contributed by atoms with E-state index in [0.717, 1.165) is 25.7 Å². The molecule has 4 N–H and O–H groups in total. The third kappa shape index (κ3) is 9.37. The number of primary amides is 1. The molecule has 0 saturated heterocycles. The van der Waals surface area contributed by atoms with Crippen molar-refractivity contribution in [2.75, 3.05) is 6.54 Å². The van der Waals surface area contributed by atoms with E-state index in [1.807, 2.05) is 20.8 Å². The van der Waals surface area contributed by atoms with Crippen LogP contribution in [0.2, 0.25) is 0 Å². The Morgan fingerprint density at radius 3 is 2.18 bits per heavy atom. The summed E-state index contributed by atoms with van der Waals surface area (Å²) in [7, 11) is 0. The van der Waals surface area contributed by atoms with Gasteiger partial charge < -0.3 is 16.4 Å². The number of unbranched alkanes of at least 4 members (excludes halogenated alkanes) is 2. The van der Waals surface area contributed by atoms with Gasteiger partial charge in [0.1, 0.15) is 6.04 Å². The summed E-state index contributed by atoms with van der Waals surface area (Å²) in [6, 6.07) is -0.625.